The van der Waals surface area contributed by atoms with Crippen molar-refractivity contribution in [3.63, 3.8) is 0 Å². The molecule has 0 radical (unpaired) electrons. The Bertz CT molecular complexity index is 483. The number of alkyl halides is 1. The zero-order valence-corrected chi connectivity index (χ0v) is 9.79. The maximum Gasteiger partial charge on any atom is 0.133 e. The average Bonchev–Trinajstić information content (AvgIpc) is 2.76. The van der Waals surface area contributed by atoms with E-state index in [1.807, 2.05) is 24.3 Å². The topological polar surface area (TPSA) is 45.4 Å². The molecule has 1 aromatic heterocycles. The van der Waals surface area contributed by atoms with E-state index in [0.29, 0.717) is 6.54 Å². The van der Waals surface area contributed by atoms with Crippen molar-refractivity contribution in [3.05, 3.63) is 36.1 Å². The quantitative estimate of drug-likeness (QED) is 0.803. The number of nitrogens with one attached hydrogen (secondary N) is 1. The number of hydrogen-bond acceptors (Lipinski definition) is 3. The number of benzene rings is 1. The van der Waals surface area contributed by atoms with Gasteiger partial charge in [-0.05, 0) is 30.8 Å². The first-order valence-electron chi connectivity index (χ1n) is 5.10. The first-order chi connectivity index (χ1) is 7.69. The number of aliphatic hydroxyl groups is 1. The van der Waals surface area contributed by atoms with E-state index in [1.165, 1.54) is 0 Å². The summed E-state index contributed by atoms with van der Waals surface area (Å²) in [6.07, 6.45) is 1.63. The van der Waals surface area contributed by atoms with E-state index in [1.54, 1.807) is 13.3 Å². The molecule has 16 heavy (non-hydrogen) atoms. The van der Waals surface area contributed by atoms with Gasteiger partial charge < -0.3 is 14.8 Å². The van der Waals surface area contributed by atoms with Gasteiger partial charge in [-0.1, -0.05) is 6.07 Å². The highest BCUT2D eigenvalue weighted by atomic mass is 35.5. The van der Waals surface area contributed by atoms with Gasteiger partial charge in [0.1, 0.15) is 11.2 Å². The van der Waals surface area contributed by atoms with Gasteiger partial charge in [-0.3, -0.25) is 0 Å². The number of likely N-dealkylation sites (N-methyl/N-ethyl adjacent to an activating group) is 1. The molecule has 4 heteroatoms. The summed E-state index contributed by atoms with van der Waals surface area (Å²) in [7, 11) is 1.79. The van der Waals surface area contributed by atoms with Gasteiger partial charge in [0, 0.05) is 11.9 Å². The second-order valence-electron chi connectivity index (χ2n) is 3.87. The summed E-state index contributed by atoms with van der Waals surface area (Å²) in [5.74, 6) is 0.150. The number of halogens is 1. The van der Waals surface area contributed by atoms with Gasteiger partial charge in [-0.2, -0.15) is 0 Å². The van der Waals surface area contributed by atoms with Crippen molar-refractivity contribution in [2.75, 3.05) is 19.5 Å². The Kier molecular flexibility index (Phi) is 3.19. The summed E-state index contributed by atoms with van der Waals surface area (Å²) in [5.41, 5.74) is 0.567. The maximum absolute atomic E-state index is 10.4. The summed E-state index contributed by atoms with van der Waals surface area (Å²) in [6, 6.07) is 7.45. The fraction of sp³-hybridized carbons (Fsp3) is 0.333. The van der Waals surface area contributed by atoms with Crippen molar-refractivity contribution in [3.8, 4) is 0 Å². The first-order valence-corrected chi connectivity index (χ1v) is 5.64. The monoisotopic (exact) mass is 239 g/mol. The minimum Gasteiger partial charge on any atom is -0.464 e. The highest BCUT2D eigenvalue weighted by Crippen LogP contribution is 2.26. The van der Waals surface area contributed by atoms with Crippen LogP contribution >= 0.6 is 11.6 Å². The van der Waals surface area contributed by atoms with Crippen LogP contribution in [0, 0.1) is 0 Å². The molecule has 3 nitrogen and oxygen atoms in total. The lowest BCUT2D eigenvalue weighted by atomic mass is 9.95. The highest BCUT2D eigenvalue weighted by Gasteiger charge is 2.27. The van der Waals surface area contributed by atoms with E-state index in [9.17, 15) is 5.11 Å². The number of hydrogen-bond donors (Lipinski definition) is 2. The van der Waals surface area contributed by atoms with E-state index in [0.717, 1.165) is 16.5 Å². The van der Waals surface area contributed by atoms with Gasteiger partial charge in [0.15, 0.2) is 0 Å². The minimum atomic E-state index is -1.04. The smallest absolute Gasteiger partial charge is 0.133 e. The van der Waals surface area contributed by atoms with Crippen LogP contribution in [0.1, 0.15) is 5.56 Å². The Hall–Kier alpha value is -1.03. The third kappa shape index (κ3) is 1.94. The average molecular weight is 240 g/mol. The molecule has 1 atom stereocenters. The Morgan fingerprint density at radius 3 is 2.94 bits per heavy atom. The number of furan rings is 1. The number of rotatable bonds is 4. The molecule has 2 aromatic rings. The summed E-state index contributed by atoms with van der Waals surface area (Å²) in [6.45, 7) is 0.417. The summed E-state index contributed by atoms with van der Waals surface area (Å²) in [4.78, 5) is 0. The van der Waals surface area contributed by atoms with Gasteiger partial charge >= 0.3 is 0 Å². The fourth-order valence-corrected chi connectivity index (χ4v) is 2.02. The molecule has 0 aliphatic rings. The molecule has 0 saturated heterocycles. The molecular formula is C12H14ClNO2. The molecule has 1 heterocycles. The van der Waals surface area contributed by atoms with Crippen molar-refractivity contribution in [1.82, 2.24) is 5.32 Å². The molecule has 1 aromatic carbocycles. The molecule has 0 aliphatic heterocycles. The Labute approximate surface area is 99.0 Å². The van der Waals surface area contributed by atoms with Crippen LogP contribution in [0.25, 0.3) is 11.0 Å². The molecule has 0 aliphatic carbocycles. The summed E-state index contributed by atoms with van der Waals surface area (Å²) < 4.78 is 5.25. The summed E-state index contributed by atoms with van der Waals surface area (Å²) in [5, 5.41) is 14.3. The first kappa shape index (κ1) is 11.5. The van der Waals surface area contributed by atoms with Crippen LogP contribution in [-0.2, 0) is 5.60 Å². The SMILES string of the molecule is CNCC(O)(CCl)c1ccc2occc2c1. The van der Waals surface area contributed by atoms with Gasteiger partial charge in [-0.25, -0.2) is 0 Å². The van der Waals surface area contributed by atoms with Crippen LogP contribution in [0.15, 0.2) is 34.9 Å². The van der Waals surface area contributed by atoms with Gasteiger partial charge in [0.05, 0.1) is 12.1 Å². The molecule has 0 bridgehead atoms. The Morgan fingerprint density at radius 1 is 1.44 bits per heavy atom. The lowest BCUT2D eigenvalue weighted by Crippen LogP contribution is -2.38. The zero-order chi connectivity index (χ0) is 11.6. The van der Waals surface area contributed by atoms with Crippen molar-refractivity contribution in [2.45, 2.75) is 5.60 Å². The third-order valence-corrected chi connectivity index (χ3v) is 3.12. The van der Waals surface area contributed by atoms with Gasteiger partial charge in [0.25, 0.3) is 0 Å². The van der Waals surface area contributed by atoms with E-state index in [2.05, 4.69) is 5.32 Å². The molecular weight excluding hydrogens is 226 g/mol. The normalized spacial score (nSPS) is 15.2. The third-order valence-electron chi connectivity index (χ3n) is 2.68. The molecule has 0 fully saturated rings. The van der Waals surface area contributed by atoms with Crippen LogP contribution in [-0.4, -0.2) is 24.6 Å². The molecule has 2 rings (SSSR count). The van der Waals surface area contributed by atoms with Crippen molar-refractivity contribution >= 4 is 22.6 Å². The fourth-order valence-electron chi connectivity index (χ4n) is 1.78. The molecule has 1 unspecified atom stereocenters. The van der Waals surface area contributed by atoms with E-state index < -0.39 is 5.60 Å². The van der Waals surface area contributed by atoms with Crippen molar-refractivity contribution in [1.29, 1.82) is 0 Å². The molecule has 0 saturated carbocycles. The Balaban J connectivity index is 2.44. The predicted molar refractivity (Wildman–Crippen MR) is 64.8 cm³/mol. The molecule has 2 N–H and O–H groups in total. The van der Waals surface area contributed by atoms with Crippen LogP contribution in [0.4, 0.5) is 0 Å². The largest absolute Gasteiger partial charge is 0.464 e. The van der Waals surface area contributed by atoms with Crippen LogP contribution in [0.2, 0.25) is 0 Å². The van der Waals surface area contributed by atoms with Crippen LogP contribution < -0.4 is 5.32 Å². The van der Waals surface area contributed by atoms with Crippen molar-refractivity contribution in [2.24, 2.45) is 0 Å². The second kappa shape index (κ2) is 4.45. The minimum absolute atomic E-state index is 0.150. The molecule has 86 valence electrons. The van der Waals surface area contributed by atoms with E-state index >= 15 is 0 Å². The standard InChI is InChI=1S/C12H14ClNO2/c1-14-8-12(15,7-13)10-2-3-11-9(6-10)4-5-16-11/h2-6,14-15H,7-8H2,1H3. The van der Waals surface area contributed by atoms with Crippen LogP contribution in [0.5, 0.6) is 0 Å². The summed E-state index contributed by atoms with van der Waals surface area (Å²) >= 11 is 5.83. The highest BCUT2D eigenvalue weighted by molar-refractivity contribution is 6.18. The molecule has 0 amide bonds. The van der Waals surface area contributed by atoms with Gasteiger partial charge in [-0.15, -0.1) is 11.6 Å². The Morgan fingerprint density at radius 2 is 2.25 bits per heavy atom. The van der Waals surface area contributed by atoms with E-state index in [-0.39, 0.29) is 5.88 Å². The molecule has 0 spiro atoms. The van der Waals surface area contributed by atoms with E-state index in [4.69, 9.17) is 16.0 Å². The second-order valence-corrected chi connectivity index (χ2v) is 4.14. The maximum atomic E-state index is 10.4. The van der Waals surface area contributed by atoms with Gasteiger partial charge in [0.2, 0.25) is 0 Å². The van der Waals surface area contributed by atoms with Crippen LogP contribution in [0.3, 0.4) is 0 Å². The predicted octanol–water partition coefficient (Wildman–Crippen LogP) is 2.08. The number of fused-ring (bicyclic) bond motifs is 1. The van der Waals surface area contributed by atoms with Crippen molar-refractivity contribution < 1.29 is 9.52 Å². The lowest BCUT2D eigenvalue weighted by Gasteiger charge is -2.25. The lowest BCUT2D eigenvalue weighted by molar-refractivity contribution is 0.0630. The zero-order valence-electron chi connectivity index (χ0n) is 9.03.